The Morgan fingerprint density at radius 3 is 2.21 bits per heavy atom. The highest BCUT2D eigenvalue weighted by atomic mass is 28.4. The van der Waals surface area contributed by atoms with Crippen LogP contribution < -0.4 is 0 Å². The zero-order valence-electron chi connectivity index (χ0n) is 30.7. The molecule has 6 nitrogen and oxygen atoms in total. The molecule has 268 valence electrons. The molecule has 0 spiro atoms. The molecule has 2 aliphatic rings. The van der Waals surface area contributed by atoms with Crippen LogP contribution in [-0.2, 0) is 30.0 Å². The summed E-state index contributed by atoms with van der Waals surface area (Å²) < 4.78 is 46.9. The number of carbonyl (C=O) groups is 1. The predicted octanol–water partition coefficient (Wildman–Crippen LogP) is 9.91. The van der Waals surface area contributed by atoms with Gasteiger partial charge in [0.05, 0.1) is 43.2 Å². The van der Waals surface area contributed by atoms with Crippen LogP contribution in [0.2, 0.25) is 18.1 Å². The van der Waals surface area contributed by atoms with Gasteiger partial charge in [0.15, 0.2) is 8.32 Å². The third-order valence-corrected chi connectivity index (χ3v) is 15.4. The second-order valence-corrected chi connectivity index (χ2v) is 20.5. The Bertz CT molecular complexity index is 1270. The Kier molecular flexibility index (Phi) is 14.3. The zero-order valence-corrected chi connectivity index (χ0v) is 31.7. The summed E-state index contributed by atoms with van der Waals surface area (Å²) in [5, 5.41) is 0.149. The first-order valence-electron chi connectivity index (χ1n) is 18.3. The van der Waals surface area contributed by atoms with E-state index < -0.39 is 26.2 Å². The summed E-state index contributed by atoms with van der Waals surface area (Å²) in [6.45, 7) is 19.2. The van der Waals surface area contributed by atoms with E-state index in [1.165, 1.54) is 12.1 Å². The van der Waals surface area contributed by atoms with Crippen LogP contribution >= 0.6 is 0 Å². The van der Waals surface area contributed by atoms with E-state index in [0.29, 0.717) is 19.6 Å². The highest BCUT2D eigenvalue weighted by molar-refractivity contribution is 6.74. The lowest BCUT2D eigenvalue weighted by Crippen LogP contribution is -2.44. The van der Waals surface area contributed by atoms with Crippen LogP contribution in [0, 0.1) is 17.7 Å². The summed E-state index contributed by atoms with van der Waals surface area (Å²) in [4.78, 5) is 13.3. The number of halogens is 1. The lowest BCUT2D eigenvalue weighted by molar-refractivity contribution is -0.0723. The molecule has 0 bridgehead atoms. The monoisotopic (exact) mass is 684 g/mol. The molecule has 0 amide bonds. The summed E-state index contributed by atoms with van der Waals surface area (Å²) in [5.41, 5.74) is 1.11. The second kappa shape index (κ2) is 17.7. The van der Waals surface area contributed by atoms with Crippen LogP contribution in [0.4, 0.5) is 4.39 Å². The Labute approximate surface area is 290 Å². The third-order valence-electron chi connectivity index (χ3n) is 10.8. The Morgan fingerprint density at radius 1 is 0.917 bits per heavy atom. The van der Waals surface area contributed by atoms with Crippen molar-refractivity contribution < 1.29 is 32.6 Å². The van der Waals surface area contributed by atoms with Gasteiger partial charge >= 0.3 is 5.97 Å². The first-order valence-corrected chi connectivity index (χ1v) is 21.2. The molecule has 0 N–H and O–H groups in total. The molecule has 8 heteroatoms. The number of hydrogen-bond acceptors (Lipinski definition) is 6. The van der Waals surface area contributed by atoms with E-state index in [-0.39, 0.29) is 53.0 Å². The first-order chi connectivity index (χ1) is 22.8. The zero-order chi connectivity index (χ0) is 34.9. The second-order valence-electron chi connectivity index (χ2n) is 15.8. The van der Waals surface area contributed by atoms with Crippen molar-refractivity contribution in [1.82, 2.24) is 0 Å². The predicted molar refractivity (Wildman–Crippen MR) is 192 cm³/mol. The largest absolute Gasteiger partial charge is 0.458 e. The van der Waals surface area contributed by atoms with E-state index in [2.05, 4.69) is 66.8 Å². The van der Waals surface area contributed by atoms with Gasteiger partial charge in [-0.25, -0.2) is 9.18 Å². The van der Waals surface area contributed by atoms with Gasteiger partial charge < -0.3 is 23.4 Å². The first kappa shape index (κ1) is 38.7. The van der Waals surface area contributed by atoms with E-state index in [9.17, 15) is 9.18 Å². The molecule has 2 aromatic carbocycles. The highest BCUT2D eigenvalue weighted by Gasteiger charge is 2.42. The van der Waals surface area contributed by atoms with Gasteiger partial charge in [-0.1, -0.05) is 90.4 Å². The molecule has 2 aromatic rings. The van der Waals surface area contributed by atoms with Crippen molar-refractivity contribution in [2.45, 2.75) is 154 Å². The summed E-state index contributed by atoms with van der Waals surface area (Å²) in [7, 11) is -1.91. The fraction of sp³-hybridized carbons (Fsp3) is 0.675. The molecular weight excluding hydrogens is 624 g/mol. The van der Waals surface area contributed by atoms with E-state index in [4.69, 9.17) is 23.4 Å². The van der Waals surface area contributed by atoms with Crippen molar-refractivity contribution in [1.29, 1.82) is 0 Å². The number of ether oxygens (including phenoxy) is 4. The molecule has 0 saturated carbocycles. The van der Waals surface area contributed by atoms with Gasteiger partial charge in [0.25, 0.3) is 0 Å². The fourth-order valence-corrected chi connectivity index (χ4v) is 8.19. The number of carbonyl (C=O) groups excluding carboxylic acids is 1. The average Bonchev–Trinajstić information content (AvgIpc) is 3.70. The van der Waals surface area contributed by atoms with Crippen LogP contribution in [-0.4, -0.2) is 57.5 Å². The molecule has 2 aliphatic heterocycles. The summed E-state index contributed by atoms with van der Waals surface area (Å²) in [5.74, 6) is -1.05. The minimum Gasteiger partial charge on any atom is -0.458 e. The van der Waals surface area contributed by atoms with Gasteiger partial charge in [-0.2, -0.15) is 0 Å². The van der Waals surface area contributed by atoms with E-state index in [1.54, 1.807) is 12.1 Å². The minimum absolute atomic E-state index is 0.0421. The van der Waals surface area contributed by atoms with Gasteiger partial charge in [0, 0.05) is 24.4 Å². The standard InChI is InChI=1S/C40H61FO6Si/c1-9-15-33(47-48(7,8)40(4,5)6)24-31-21-23-37(45-31)29(3)38(46-39(42)34-18-13-14-19-35(34)41)25-32-20-22-36(44-32)28(2)26-43-27-30-16-11-10-12-17-30/h10-14,16-19,28-29,31-33,36-38H,9,15,20-27H2,1-8H3/t28-,29+,31-,32-,33-,36+,37+,38+/m0/s1. The number of rotatable bonds is 17. The molecule has 0 aliphatic carbocycles. The topological polar surface area (TPSA) is 63.2 Å². The number of hydrogen-bond donors (Lipinski definition) is 0. The Balaban J connectivity index is 1.38. The van der Waals surface area contributed by atoms with E-state index in [0.717, 1.165) is 50.5 Å². The maximum absolute atomic E-state index is 14.6. The molecule has 0 radical (unpaired) electrons. The van der Waals surface area contributed by atoms with E-state index >= 15 is 0 Å². The molecule has 8 atom stereocenters. The van der Waals surface area contributed by atoms with E-state index in [1.807, 2.05) is 18.2 Å². The molecule has 0 unspecified atom stereocenters. The van der Waals surface area contributed by atoms with Crippen molar-refractivity contribution in [3.8, 4) is 0 Å². The molecule has 2 heterocycles. The minimum atomic E-state index is -1.91. The highest BCUT2D eigenvalue weighted by Crippen LogP contribution is 2.40. The van der Waals surface area contributed by atoms with Gasteiger partial charge in [-0.3, -0.25) is 0 Å². The lowest BCUT2D eigenvalue weighted by Gasteiger charge is -2.40. The van der Waals surface area contributed by atoms with Crippen LogP contribution in [0.25, 0.3) is 0 Å². The van der Waals surface area contributed by atoms with Crippen molar-refractivity contribution in [3.05, 3.63) is 71.5 Å². The summed E-state index contributed by atoms with van der Waals surface area (Å²) in [6, 6.07) is 16.2. The SMILES string of the molecule is CCC[C@@H](C[C@@H]1CC[C@H]([C@@H](C)[C@@H](C[C@@H]2CC[C@H]([C@@H](C)COCc3ccccc3)O2)OC(=O)c2ccccc2F)O1)O[Si](C)(C)C(C)(C)C. The van der Waals surface area contributed by atoms with Crippen molar-refractivity contribution in [3.63, 3.8) is 0 Å². The fourth-order valence-electron chi connectivity index (χ4n) is 6.79. The molecule has 4 rings (SSSR count). The number of benzene rings is 2. The summed E-state index contributed by atoms with van der Waals surface area (Å²) >= 11 is 0. The Morgan fingerprint density at radius 2 is 1.54 bits per heavy atom. The average molecular weight is 685 g/mol. The van der Waals surface area contributed by atoms with Crippen molar-refractivity contribution >= 4 is 14.3 Å². The molecule has 48 heavy (non-hydrogen) atoms. The molecule has 0 aromatic heterocycles. The van der Waals surface area contributed by atoms with Crippen molar-refractivity contribution in [2.24, 2.45) is 11.8 Å². The van der Waals surface area contributed by atoms with Crippen LogP contribution in [0.1, 0.15) is 109 Å². The quantitative estimate of drug-likeness (QED) is 0.122. The van der Waals surface area contributed by atoms with Crippen molar-refractivity contribution in [2.75, 3.05) is 6.61 Å². The van der Waals surface area contributed by atoms with Gasteiger partial charge in [0.1, 0.15) is 11.9 Å². The third kappa shape index (κ3) is 10.9. The number of esters is 1. The molecule has 2 saturated heterocycles. The van der Waals surface area contributed by atoms with Crippen LogP contribution in [0.15, 0.2) is 54.6 Å². The molecule has 2 fully saturated rings. The maximum atomic E-state index is 14.6. The van der Waals surface area contributed by atoms with Crippen LogP contribution in [0.5, 0.6) is 0 Å². The summed E-state index contributed by atoms with van der Waals surface area (Å²) in [6.07, 6.45) is 6.93. The normalized spacial score (nSPS) is 24.3. The smallest absolute Gasteiger partial charge is 0.341 e. The lowest BCUT2D eigenvalue weighted by atomic mass is 9.91. The van der Waals surface area contributed by atoms with Gasteiger partial charge in [0.2, 0.25) is 0 Å². The maximum Gasteiger partial charge on any atom is 0.341 e. The van der Waals surface area contributed by atoms with Gasteiger partial charge in [-0.05, 0) is 74.4 Å². The van der Waals surface area contributed by atoms with Gasteiger partial charge in [-0.15, -0.1) is 0 Å². The van der Waals surface area contributed by atoms with Crippen LogP contribution in [0.3, 0.4) is 0 Å². The molecular formula is C40H61FO6Si. The Hall–Kier alpha value is -2.10.